The van der Waals surface area contributed by atoms with Crippen molar-refractivity contribution in [1.29, 1.82) is 0 Å². The fraction of sp³-hybridized carbons (Fsp3) is 0.185. The fourth-order valence-corrected chi connectivity index (χ4v) is 5.33. The number of aliphatic imine (C=N–C) groups is 1. The van der Waals surface area contributed by atoms with E-state index in [0.717, 1.165) is 11.1 Å². The van der Waals surface area contributed by atoms with Crippen molar-refractivity contribution in [1.82, 2.24) is 20.2 Å². The summed E-state index contributed by atoms with van der Waals surface area (Å²) >= 11 is 6.27. The van der Waals surface area contributed by atoms with Crippen LogP contribution >= 0.6 is 11.6 Å². The van der Waals surface area contributed by atoms with Gasteiger partial charge in [0.25, 0.3) is 0 Å². The number of anilines is 1. The molecule has 0 bridgehead atoms. The average Bonchev–Trinajstić information content (AvgIpc) is 3.70. The molecular formula is C27H22ClN7O5. The molecule has 1 aliphatic heterocycles. The molecule has 2 aromatic heterocycles. The highest BCUT2D eigenvalue weighted by atomic mass is 35.5. The summed E-state index contributed by atoms with van der Waals surface area (Å²) in [6, 6.07) is 13.8. The van der Waals surface area contributed by atoms with Gasteiger partial charge in [0.15, 0.2) is 11.8 Å². The number of fused-ring (bicyclic) bond motifs is 1. The molecular weight excluding hydrogens is 538 g/mol. The molecule has 2 unspecified atom stereocenters. The zero-order valence-corrected chi connectivity index (χ0v) is 21.8. The Balaban J connectivity index is 1.30. The van der Waals surface area contributed by atoms with Crippen molar-refractivity contribution < 1.29 is 24.5 Å². The number of benzene rings is 2. The zero-order valence-electron chi connectivity index (χ0n) is 21.0. The van der Waals surface area contributed by atoms with Gasteiger partial charge in [-0.2, -0.15) is 9.41 Å². The maximum absolute atomic E-state index is 13.5. The maximum atomic E-state index is 13.5. The Kier molecular flexibility index (Phi) is 6.29. The van der Waals surface area contributed by atoms with Crippen molar-refractivity contribution in [2.45, 2.75) is 24.5 Å². The summed E-state index contributed by atoms with van der Waals surface area (Å²) in [7, 11) is 1.28. The van der Waals surface area contributed by atoms with Gasteiger partial charge in [0.1, 0.15) is 6.33 Å². The van der Waals surface area contributed by atoms with Crippen LogP contribution in [0, 0.1) is 5.21 Å². The van der Waals surface area contributed by atoms with Gasteiger partial charge in [0, 0.05) is 40.9 Å². The third-order valence-electron chi connectivity index (χ3n) is 7.07. The second-order valence-electron chi connectivity index (χ2n) is 9.46. The number of aliphatic hydroxyl groups excluding tert-OH is 1. The molecule has 3 heterocycles. The molecule has 202 valence electrons. The normalized spacial score (nSPS) is 19.6. The van der Waals surface area contributed by atoms with Crippen LogP contribution in [0.2, 0.25) is 5.02 Å². The molecule has 0 radical (unpaired) electrons. The highest BCUT2D eigenvalue weighted by molar-refractivity contribution is 6.31. The lowest BCUT2D eigenvalue weighted by Crippen LogP contribution is -2.45. The number of carbonyl (C=O) groups excluding carboxylic acids is 1. The predicted octanol–water partition coefficient (Wildman–Crippen LogP) is 3.30. The number of aliphatic hydroxyl groups is 2. The number of amides is 1. The van der Waals surface area contributed by atoms with Crippen molar-refractivity contribution in [3.63, 3.8) is 0 Å². The van der Waals surface area contributed by atoms with E-state index in [1.807, 2.05) is 12.1 Å². The number of aromatic nitrogens is 5. The number of hydrogen-bond acceptors (Lipinski definition) is 9. The number of allylic oxidation sites excluding steroid dienone is 1. The van der Waals surface area contributed by atoms with E-state index in [0.29, 0.717) is 43.5 Å². The number of ether oxygens (including phenoxy) is 1. The molecule has 12 nitrogen and oxygen atoms in total. The minimum absolute atomic E-state index is 0.0285. The molecule has 1 aliphatic carbocycles. The van der Waals surface area contributed by atoms with E-state index >= 15 is 0 Å². The predicted molar refractivity (Wildman–Crippen MR) is 145 cm³/mol. The van der Waals surface area contributed by atoms with E-state index in [1.54, 1.807) is 42.6 Å². The number of hydrogen-bond donors (Lipinski definition) is 3. The number of pyridine rings is 1. The maximum Gasteiger partial charge on any atom is 0.411 e. The number of nitrogens with one attached hydrogen (secondary N) is 1. The van der Waals surface area contributed by atoms with Crippen LogP contribution < -0.4 is 10.0 Å². The first kappa shape index (κ1) is 25.6. The molecule has 4 aromatic rings. The fourth-order valence-electron chi connectivity index (χ4n) is 5.16. The Morgan fingerprint density at radius 2 is 2.02 bits per heavy atom. The Hall–Kier alpha value is -4.65. The van der Waals surface area contributed by atoms with Crippen molar-refractivity contribution in [3.8, 4) is 16.8 Å². The molecule has 6 rings (SSSR count). The summed E-state index contributed by atoms with van der Waals surface area (Å²) in [5.41, 5.74) is 2.74. The smallest absolute Gasteiger partial charge is 0.411 e. The summed E-state index contributed by atoms with van der Waals surface area (Å²) < 4.78 is 6.63. The number of methoxy groups -OCH3 is 1. The topological polar surface area (TPSA) is 162 Å². The van der Waals surface area contributed by atoms with Gasteiger partial charge < -0.3 is 20.2 Å². The molecule has 40 heavy (non-hydrogen) atoms. The summed E-state index contributed by atoms with van der Waals surface area (Å²) in [5.74, 6) is 0. The molecule has 2 atom stereocenters. The molecule has 0 fully saturated rings. The van der Waals surface area contributed by atoms with Crippen LogP contribution in [0.15, 0.2) is 72.2 Å². The van der Waals surface area contributed by atoms with Gasteiger partial charge in [0.2, 0.25) is 5.69 Å². The number of rotatable bonds is 5. The van der Waals surface area contributed by atoms with E-state index in [9.17, 15) is 20.2 Å². The Labute approximate surface area is 232 Å². The van der Waals surface area contributed by atoms with Crippen LogP contribution in [0.5, 0.6) is 0 Å². The van der Waals surface area contributed by atoms with Gasteiger partial charge in [0.05, 0.1) is 30.2 Å². The largest absolute Gasteiger partial charge is 0.618 e. The first-order chi connectivity index (χ1) is 19.3. The SMILES string of the molecule is COC(=O)Nc1ccc(C2=CN=C(C3(O)CC(O)c4cc(-c5cc(Cl)ccc5-n5cnnn5)c[n+]([O-])c43)C2)cc1. The zero-order chi connectivity index (χ0) is 28.0. The third kappa shape index (κ3) is 4.37. The lowest BCUT2D eigenvalue weighted by molar-refractivity contribution is -0.619. The van der Waals surface area contributed by atoms with E-state index in [2.05, 4.69) is 30.6 Å². The molecule has 2 aliphatic rings. The molecule has 0 saturated heterocycles. The molecule has 0 spiro atoms. The number of tetrazole rings is 1. The Morgan fingerprint density at radius 3 is 2.75 bits per heavy atom. The van der Waals surface area contributed by atoms with Crippen LogP contribution in [-0.4, -0.2) is 49.3 Å². The minimum Gasteiger partial charge on any atom is -0.618 e. The number of nitrogens with zero attached hydrogens (tertiary/aromatic N) is 6. The van der Waals surface area contributed by atoms with E-state index < -0.39 is 17.8 Å². The van der Waals surface area contributed by atoms with Gasteiger partial charge in [-0.15, -0.1) is 5.10 Å². The summed E-state index contributed by atoms with van der Waals surface area (Å²) in [6.07, 6.45) is 2.86. The highest BCUT2D eigenvalue weighted by Gasteiger charge is 2.53. The number of carbonyl (C=O) groups is 1. The van der Waals surface area contributed by atoms with Crippen LogP contribution in [0.4, 0.5) is 10.5 Å². The standard InChI is InChI=1S/C27H22ClN7O5/c1-40-26(37)31-19-5-2-15(3-6-19)16-9-24(29-12-16)27(38)11-23(36)21-8-17(13-35(39)25(21)27)20-10-18(28)4-7-22(20)34-14-30-32-33-34/h2-8,10,12-14,23,36,38H,9,11H2,1H3,(H,31,37). The lowest BCUT2D eigenvalue weighted by Gasteiger charge is -2.23. The second-order valence-corrected chi connectivity index (χ2v) is 9.89. The quantitative estimate of drug-likeness (QED) is 0.248. The van der Waals surface area contributed by atoms with Gasteiger partial charge in [-0.05, 0) is 58.0 Å². The van der Waals surface area contributed by atoms with Gasteiger partial charge in [-0.3, -0.25) is 10.3 Å². The highest BCUT2D eigenvalue weighted by Crippen LogP contribution is 2.46. The van der Waals surface area contributed by atoms with E-state index in [4.69, 9.17) is 11.6 Å². The van der Waals surface area contributed by atoms with Crippen molar-refractivity contribution >= 4 is 34.7 Å². The van der Waals surface area contributed by atoms with E-state index in [-0.39, 0.29) is 18.5 Å². The average molecular weight is 560 g/mol. The minimum atomic E-state index is -1.77. The molecule has 2 aromatic carbocycles. The van der Waals surface area contributed by atoms with E-state index in [1.165, 1.54) is 24.3 Å². The van der Waals surface area contributed by atoms with Crippen molar-refractivity contribution in [2.24, 2.45) is 4.99 Å². The molecule has 0 saturated carbocycles. The van der Waals surface area contributed by atoms with Gasteiger partial charge in [-0.1, -0.05) is 23.7 Å². The van der Waals surface area contributed by atoms with Crippen molar-refractivity contribution in [2.75, 3.05) is 12.4 Å². The van der Waals surface area contributed by atoms with Crippen LogP contribution in [-0.2, 0) is 10.3 Å². The summed E-state index contributed by atoms with van der Waals surface area (Å²) in [4.78, 5) is 15.9. The second kappa shape index (κ2) is 9.83. The Morgan fingerprint density at radius 1 is 1.23 bits per heavy atom. The summed E-state index contributed by atoms with van der Waals surface area (Å²) in [6.45, 7) is 0. The number of halogens is 1. The van der Waals surface area contributed by atoms with Gasteiger partial charge >= 0.3 is 6.09 Å². The van der Waals surface area contributed by atoms with Crippen LogP contribution in [0.25, 0.3) is 22.4 Å². The molecule has 3 N–H and O–H groups in total. The summed E-state index contributed by atoms with van der Waals surface area (Å²) in [5, 5.41) is 50.5. The molecule has 1 amide bonds. The van der Waals surface area contributed by atoms with Crippen LogP contribution in [0.1, 0.15) is 35.8 Å². The van der Waals surface area contributed by atoms with Crippen LogP contribution in [0.3, 0.4) is 0 Å². The first-order valence-electron chi connectivity index (χ1n) is 12.2. The van der Waals surface area contributed by atoms with Crippen molar-refractivity contribution in [3.05, 3.63) is 94.3 Å². The van der Waals surface area contributed by atoms with Gasteiger partial charge in [-0.25, -0.2) is 4.79 Å². The first-order valence-corrected chi connectivity index (χ1v) is 12.6. The lowest BCUT2D eigenvalue weighted by atomic mass is 9.89. The third-order valence-corrected chi connectivity index (χ3v) is 7.30. The monoisotopic (exact) mass is 559 g/mol. The Bertz CT molecular complexity index is 1690. The molecule has 13 heteroatoms.